The van der Waals surface area contributed by atoms with Gasteiger partial charge in [-0.1, -0.05) is 0 Å². The van der Waals surface area contributed by atoms with E-state index in [4.69, 9.17) is 20.2 Å². The van der Waals surface area contributed by atoms with E-state index in [-0.39, 0.29) is 5.92 Å². The van der Waals surface area contributed by atoms with Crippen LogP contribution in [0.4, 0.5) is 0 Å². The molecule has 2 fully saturated rings. The number of nitrogens with zero attached hydrogens (tertiary/aromatic N) is 5. The van der Waals surface area contributed by atoms with Gasteiger partial charge in [0.2, 0.25) is 17.7 Å². The molecule has 5 rings (SSSR count). The van der Waals surface area contributed by atoms with E-state index >= 15 is 0 Å². The van der Waals surface area contributed by atoms with Crippen LogP contribution in [0.15, 0.2) is 30.9 Å². The van der Waals surface area contributed by atoms with Crippen molar-refractivity contribution in [2.75, 3.05) is 54.0 Å². The van der Waals surface area contributed by atoms with Crippen LogP contribution in [-0.4, -0.2) is 89.6 Å². The van der Waals surface area contributed by atoms with E-state index in [0.29, 0.717) is 23.9 Å². The largest absolute Gasteiger partial charge is 0.481 e. The summed E-state index contributed by atoms with van der Waals surface area (Å²) in [5.41, 5.74) is 6.84. The Hall–Kier alpha value is -3.24. The Balaban J connectivity index is 1.72. The summed E-state index contributed by atoms with van der Waals surface area (Å²) >= 11 is 0. The maximum Gasteiger partial charge on any atom is 0.225 e. The summed E-state index contributed by atoms with van der Waals surface area (Å²) in [5, 5.41) is 1.03. The van der Waals surface area contributed by atoms with E-state index in [1.807, 2.05) is 25.3 Å². The Morgan fingerprint density at radius 1 is 1.18 bits per heavy atom. The van der Waals surface area contributed by atoms with Gasteiger partial charge in [0.25, 0.3) is 0 Å². The minimum absolute atomic E-state index is 0.301. The average molecular weight is 466 g/mol. The molecule has 180 valence electrons. The molecule has 10 nitrogen and oxygen atoms in total. The number of H-pyrrole nitrogens is 1. The SMILES string of the molecule is COc1ncnc(OC)c1C1(CN2CCN(C)CC2)C(c2cc3cc[nH]c3cn2)C1(C)C(N)=O. The lowest BCUT2D eigenvalue weighted by atomic mass is 9.86. The maximum atomic E-state index is 13.2. The number of likely N-dealkylation sites (N-methyl/N-ethyl adjacent to an activating group) is 1. The second-order valence-electron chi connectivity index (χ2n) is 9.49. The molecule has 2 aliphatic rings. The smallest absolute Gasteiger partial charge is 0.225 e. The number of carbonyl (C=O) groups excluding carboxylic acids is 1. The number of hydrogen-bond acceptors (Lipinski definition) is 8. The van der Waals surface area contributed by atoms with Crippen molar-refractivity contribution < 1.29 is 14.3 Å². The number of carbonyl (C=O) groups is 1. The lowest BCUT2D eigenvalue weighted by Crippen LogP contribution is -2.48. The summed E-state index contributed by atoms with van der Waals surface area (Å²) in [5.74, 6) is 0.0816. The highest BCUT2D eigenvalue weighted by Crippen LogP contribution is 2.76. The van der Waals surface area contributed by atoms with Crippen LogP contribution in [0.5, 0.6) is 11.8 Å². The fourth-order valence-corrected chi connectivity index (χ4v) is 5.87. The molecule has 0 aromatic carbocycles. The monoisotopic (exact) mass is 465 g/mol. The van der Waals surface area contributed by atoms with Crippen molar-refractivity contribution in [3.05, 3.63) is 42.1 Å². The molecule has 3 aromatic rings. The number of primary amides is 1. The predicted octanol–water partition coefficient (Wildman–Crippen LogP) is 1.14. The molecular formula is C24H31N7O3. The Bertz CT molecular complexity index is 1200. The van der Waals surface area contributed by atoms with Gasteiger partial charge in [0.1, 0.15) is 6.33 Å². The molecule has 4 heterocycles. The normalized spacial score (nSPS) is 27.6. The number of nitrogens with one attached hydrogen (secondary N) is 1. The van der Waals surface area contributed by atoms with Crippen LogP contribution in [0.1, 0.15) is 24.1 Å². The van der Waals surface area contributed by atoms with E-state index in [1.54, 1.807) is 20.4 Å². The van der Waals surface area contributed by atoms with Crippen LogP contribution in [0, 0.1) is 5.41 Å². The van der Waals surface area contributed by atoms with Crippen LogP contribution >= 0.6 is 0 Å². The van der Waals surface area contributed by atoms with Crippen LogP contribution in [0.25, 0.3) is 10.9 Å². The summed E-state index contributed by atoms with van der Waals surface area (Å²) in [6.07, 6.45) is 5.10. The van der Waals surface area contributed by atoms with Crippen molar-refractivity contribution in [2.24, 2.45) is 11.1 Å². The number of nitrogens with two attached hydrogens (primary N) is 1. The number of ether oxygens (including phenoxy) is 2. The van der Waals surface area contributed by atoms with E-state index in [9.17, 15) is 4.79 Å². The lowest BCUT2D eigenvalue weighted by Gasteiger charge is -2.36. The fraction of sp³-hybridized carbons (Fsp3) is 0.500. The second-order valence-corrected chi connectivity index (χ2v) is 9.49. The van der Waals surface area contributed by atoms with Gasteiger partial charge < -0.3 is 25.1 Å². The molecule has 3 atom stereocenters. The number of aromatic amines is 1. The van der Waals surface area contributed by atoms with E-state index in [1.165, 1.54) is 6.33 Å². The standard InChI is InChI=1S/C24H31N7O3/c1-23(22(25)32)19(16-11-15-5-6-26-17(15)12-27-16)24(23,13-31-9-7-30(2)8-10-31)18-20(33-3)28-14-29-21(18)34-4/h5-6,11-12,14,19,26H,7-10,13H2,1-4H3,(H2,25,32). The van der Waals surface area contributed by atoms with Gasteiger partial charge >= 0.3 is 0 Å². The third-order valence-corrected chi connectivity index (χ3v) is 7.86. The highest BCUT2D eigenvalue weighted by molar-refractivity contribution is 5.91. The topological polar surface area (TPSA) is 122 Å². The Labute approximate surface area is 198 Å². The Kier molecular flexibility index (Phi) is 5.44. The van der Waals surface area contributed by atoms with Crippen LogP contribution in [-0.2, 0) is 10.2 Å². The first-order valence-electron chi connectivity index (χ1n) is 11.4. The minimum Gasteiger partial charge on any atom is -0.481 e. The number of fused-ring (bicyclic) bond motifs is 1. The summed E-state index contributed by atoms with van der Waals surface area (Å²) in [4.78, 5) is 34.6. The maximum absolute atomic E-state index is 13.2. The first kappa shape index (κ1) is 22.5. The predicted molar refractivity (Wildman–Crippen MR) is 127 cm³/mol. The molecule has 1 saturated carbocycles. The van der Waals surface area contributed by atoms with Crippen LogP contribution < -0.4 is 15.2 Å². The molecule has 10 heteroatoms. The number of rotatable bonds is 7. The number of piperazine rings is 1. The molecule has 3 aromatic heterocycles. The van der Waals surface area contributed by atoms with Crippen molar-refractivity contribution in [1.82, 2.24) is 29.7 Å². The minimum atomic E-state index is -0.946. The van der Waals surface area contributed by atoms with Gasteiger partial charge in [-0.25, -0.2) is 9.97 Å². The van der Waals surface area contributed by atoms with Gasteiger partial charge in [0.15, 0.2) is 0 Å². The molecule has 3 unspecified atom stereocenters. The zero-order valence-corrected chi connectivity index (χ0v) is 20.0. The summed E-state index contributed by atoms with van der Waals surface area (Å²) in [6, 6.07) is 4.03. The molecule has 3 N–H and O–H groups in total. The first-order chi connectivity index (χ1) is 16.4. The molecule has 0 spiro atoms. The Morgan fingerprint density at radius 3 is 2.47 bits per heavy atom. The number of pyridine rings is 1. The molecule has 1 amide bonds. The number of hydrogen-bond donors (Lipinski definition) is 2. The van der Waals surface area contributed by atoms with Gasteiger partial charge in [-0.2, -0.15) is 0 Å². The highest BCUT2D eigenvalue weighted by atomic mass is 16.5. The third kappa shape index (κ3) is 3.16. The number of amides is 1. The molecule has 0 bridgehead atoms. The van der Waals surface area contributed by atoms with Crippen molar-refractivity contribution in [3.8, 4) is 11.8 Å². The fourth-order valence-electron chi connectivity index (χ4n) is 5.87. The molecule has 1 saturated heterocycles. The van der Waals surface area contributed by atoms with Crippen molar-refractivity contribution in [2.45, 2.75) is 18.3 Å². The van der Waals surface area contributed by atoms with Crippen LogP contribution in [0.3, 0.4) is 0 Å². The molecule has 1 aliphatic heterocycles. The quantitative estimate of drug-likeness (QED) is 0.533. The van der Waals surface area contributed by atoms with Gasteiger partial charge in [0, 0.05) is 61.3 Å². The van der Waals surface area contributed by atoms with E-state index in [2.05, 4.69) is 31.8 Å². The van der Waals surface area contributed by atoms with Crippen molar-refractivity contribution in [1.29, 1.82) is 0 Å². The van der Waals surface area contributed by atoms with Crippen molar-refractivity contribution in [3.63, 3.8) is 0 Å². The zero-order chi connectivity index (χ0) is 24.1. The van der Waals surface area contributed by atoms with E-state index < -0.39 is 16.7 Å². The van der Waals surface area contributed by atoms with Gasteiger partial charge in [-0.3, -0.25) is 14.7 Å². The highest BCUT2D eigenvalue weighted by Gasteiger charge is 2.80. The molecular weight excluding hydrogens is 434 g/mol. The third-order valence-electron chi connectivity index (χ3n) is 7.86. The van der Waals surface area contributed by atoms with Crippen molar-refractivity contribution >= 4 is 16.8 Å². The number of methoxy groups -OCH3 is 2. The van der Waals surface area contributed by atoms with E-state index in [0.717, 1.165) is 42.8 Å². The summed E-state index contributed by atoms with van der Waals surface area (Å²) < 4.78 is 11.4. The second kappa shape index (κ2) is 8.21. The average Bonchev–Trinajstić information content (AvgIpc) is 3.13. The zero-order valence-electron chi connectivity index (χ0n) is 20.0. The molecule has 34 heavy (non-hydrogen) atoms. The summed E-state index contributed by atoms with van der Waals surface area (Å²) in [7, 11) is 5.25. The molecule has 0 radical (unpaired) electrons. The molecule has 1 aliphatic carbocycles. The number of aromatic nitrogens is 4. The van der Waals surface area contributed by atoms with Crippen LogP contribution in [0.2, 0.25) is 0 Å². The lowest BCUT2D eigenvalue weighted by molar-refractivity contribution is -0.123. The van der Waals surface area contributed by atoms with Gasteiger partial charge in [0.05, 0.1) is 36.9 Å². The van der Waals surface area contributed by atoms with Gasteiger partial charge in [-0.05, 0) is 26.1 Å². The van der Waals surface area contributed by atoms with Gasteiger partial charge in [-0.15, -0.1) is 0 Å². The Morgan fingerprint density at radius 2 is 1.85 bits per heavy atom. The summed E-state index contributed by atoms with van der Waals surface area (Å²) in [6.45, 7) is 6.15. The first-order valence-corrected chi connectivity index (χ1v) is 11.4.